The van der Waals surface area contributed by atoms with Gasteiger partial charge in [-0.25, -0.2) is 0 Å². The fraction of sp³-hybridized carbons (Fsp3) is 0.538. The van der Waals surface area contributed by atoms with Gasteiger partial charge in [-0.3, -0.25) is 9.78 Å². The molecule has 0 spiro atoms. The van der Waals surface area contributed by atoms with E-state index in [9.17, 15) is 4.79 Å². The molecule has 94 valence electrons. The molecule has 0 fully saturated rings. The van der Waals surface area contributed by atoms with Gasteiger partial charge in [0, 0.05) is 18.6 Å². The Morgan fingerprint density at radius 2 is 2.18 bits per heavy atom. The number of halogens is 1. The van der Waals surface area contributed by atoms with Crippen LogP contribution in [0.5, 0.6) is 0 Å². The molecule has 0 aliphatic rings. The molecule has 0 radical (unpaired) electrons. The summed E-state index contributed by atoms with van der Waals surface area (Å²) in [6, 6.07) is 5.71. The van der Waals surface area contributed by atoms with Gasteiger partial charge in [-0.05, 0) is 32.9 Å². The molecule has 3 nitrogen and oxygen atoms in total. The average Bonchev–Trinajstić information content (AvgIpc) is 2.36. The minimum atomic E-state index is -0.521. The predicted molar refractivity (Wildman–Crippen MR) is 69.8 cm³/mol. The summed E-state index contributed by atoms with van der Waals surface area (Å²) in [5.74, 6) is 0.394. The second-order valence-corrected chi connectivity index (χ2v) is 4.93. The number of alkyl halides is 1. The summed E-state index contributed by atoms with van der Waals surface area (Å²) in [6.07, 6.45) is 1.74. The Labute approximate surface area is 108 Å². The zero-order chi connectivity index (χ0) is 12.9. The van der Waals surface area contributed by atoms with Gasteiger partial charge >= 0.3 is 0 Å². The Morgan fingerprint density at radius 1 is 1.47 bits per heavy atom. The smallest absolute Gasteiger partial charge is 0.229 e. The Balaban J connectivity index is 2.76. The van der Waals surface area contributed by atoms with E-state index in [4.69, 9.17) is 11.6 Å². The van der Waals surface area contributed by atoms with Crippen LogP contribution in [0.15, 0.2) is 24.4 Å². The first-order valence-corrected chi connectivity index (χ1v) is 6.30. The van der Waals surface area contributed by atoms with Crippen LogP contribution in [0, 0.1) is 5.41 Å². The van der Waals surface area contributed by atoms with Crippen LogP contribution in [-0.4, -0.2) is 28.2 Å². The molecule has 0 atom stereocenters. The van der Waals surface area contributed by atoms with Crippen molar-refractivity contribution in [1.82, 2.24) is 9.88 Å². The first-order chi connectivity index (χ1) is 8.01. The van der Waals surface area contributed by atoms with Gasteiger partial charge in [0.25, 0.3) is 0 Å². The van der Waals surface area contributed by atoms with Crippen LogP contribution >= 0.6 is 11.6 Å². The lowest BCUT2D eigenvalue weighted by Crippen LogP contribution is -2.41. The molecule has 1 rings (SSSR count). The highest BCUT2D eigenvalue weighted by Crippen LogP contribution is 2.21. The molecule has 0 aliphatic heterocycles. The van der Waals surface area contributed by atoms with Gasteiger partial charge in [0.05, 0.1) is 17.7 Å². The number of pyridine rings is 1. The van der Waals surface area contributed by atoms with Gasteiger partial charge < -0.3 is 4.90 Å². The molecule has 0 saturated carbocycles. The second-order valence-electron chi connectivity index (χ2n) is 4.66. The van der Waals surface area contributed by atoms with E-state index in [1.165, 1.54) is 0 Å². The molecule has 0 bridgehead atoms. The van der Waals surface area contributed by atoms with Crippen LogP contribution in [0.25, 0.3) is 0 Å². The monoisotopic (exact) mass is 254 g/mol. The number of aromatic nitrogens is 1. The summed E-state index contributed by atoms with van der Waals surface area (Å²) >= 11 is 5.83. The zero-order valence-corrected chi connectivity index (χ0v) is 11.4. The quantitative estimate of drug-likeness (QED) is 0.757. The predicted octanol–water partition coefficient (Wildman–Crippen LogP) is 2.70. The molecule has 0 N–H and O–H groups in total. The summed E-state index contributed by atoms with van der Waals surface area (Å²) < 4.78 is 0. The Kier molecular flexibility index (Phi) is 4.94. The largest absolute Gasteiger partial charge is 0.337 e. The highest BCUT2D eigenvalue weighted by molar-refractivity contribution is 6.19. The van der Waals surface area contributed by atoms with E-state index in [0.29, 0.717) is 19.0 Å². The third-order valence-corrected chi connectivity index (χ3v) is 3.33. The van der Waals surface area contributed by atoms with E-state index < -0.39 is 5.41 Å². The number of rotatable bonds is 5. The SMILES string of the molecule is CCN(Cc1ccccn1)C(=O)C(C)(C)CCl. The van der Waals surface area contributed by atoms with Gasteiger partial charge in [0.1, 0.15) is 0 Å². The van der Waals surface area contributed by atoms with Crippen molar-refractivity contribution >= 4 is 17.5 Å². The number of carbonyl (C=O) groups is 1. The lowest BCUT2D eigenvalue weighted by molar-refractivity contribution is -0.139. The molecular formula is C13H19ClN2O. The highest BCUT2D eigenvalue weighted by Gasteiger charge is 2.30. The molecule has 1 aromatic heterocycles. The van der Waals surface area contributed by atoms with Crippen LogP contribution in [0.4, 0.5) is 0 Å². The normalized spacial score (nSPS) is 11.3. The highest BCUT2D eigenvalue weighted by atomic mass is 35.5. The van der Waals surface area contributed by atoms with Crippen LogP contribution in [-0.2, 0) is 11.3 Å². The van der Waals surface area contributed by atoms with E-state index in [-0.39, 0.29) is 5.91 Å². The van der Waals surface area contributed by atoms with Gasteiger partial charge in [-0.1, -0.05) is 6.07 Å². The van der Waals surface area contributed by atoms with Gasteiger partial charge in [0.2, 0.25) is 5.91 Å². The Bertz CT molecular complexity index is 365. The maximum Gasteiger partial charge on any atom is 0.229 e. The Morgan fingerprint density at radius 3 is 2.65 bits per heavy atom. The van der Waals surface area contributed by atoms with E-state index in [1.807, 2.05) is 39.0 Å². The van der Waals surface area contributed by atoms with E-state index in [2.05, 4.69) is 4.98 Å². The third kappa shape index (κ3) is 3.70. The summed E-state index contributed by atoms with van der Waals surface area (Å²) in [4.78, 5) is 18.3. The first-order valence-electron chi connectivity index (χ1n) is 5.76. The van der Waals surface area contributed by atoms with Gasteiger partial charge in [-0.2, -0.15) is 0 Å². The number of hydrogen-bond acceptors (Lipinski definition) is 2. The summed E-state index contributed by atoms with van der Waals surface area (Å²) in [7, 11) is 0. The fourth-order valence-electron chi connectivity index (χ4n) is 1.50. The topological polar surface area (TPSA) is 33.2 Å². The number of nitrogens with zero attached hydrogens (tertiary/aromatic N) is 2. The third-order valence-electron chi connectivity index (χ3n) is 2.66. The van der Waals surface area contributed by atoms with Crippen molar-refractivity contribution in [3.8, 4) is 0 Å². The summed E-state index contributed by atoms with van der Waals surface area (Å²) in [6.45, 7) is 6.89. The van der Waals surface area contributed by atoms with E-state index in [1.54, 1.807) is 11.1 Å². The number of hydrogen-bond donors (Lipinski definition) is 0. The molecule has 4 heteroatoms. The van der Waals surface area contributed by atoms with Crippen molar-refractivity contribution in [2.45, 2.75) is 27.3 Å². The van der Waals surface area contributed by atoms with Crippen molar-refractivity contribution in [2.75, 3.05) is 12.4 Å². The lowest BCUT2D eigenvalue weighted by Gasteiger charge is -2.29. The van der Waals surface area contributed by atoms with Crippen molar-refractivity contribution in [3.63, 3.8) is 0 Å². The molecule has 1 heterocycles. The Hall–Kier alpha value is -1.09. The van der Waals surface area contributed by atoms with Crippen LogP contribution in [0.3, 0.4) is 0 Å². The van der Waals surface area contributed by atoms with Crippen LogP contribution < -0.4 is 0 Å². The maximum atomic E-state index is 12.2. The van der Waals surface area contributed by atoms with Crippen molar-refractivity contribution < 1.29 is 4.79 Å². The second kappa shape index (κ2) is 6.01. The summed E-state index contributed by atoms with van der Waals surface area (Å²) in [5.41, 5.74) is 0.375. The molecule has 0 aliphatic carbocycles. The van der Waals surface area contributed by atoms with Crippen molar-refractivity contribution in [2.24, 2.45) is 5.41 Å². The number of carbonyl (C=O) groups excluding carboxylic acids is 1. The minimum Gasteiger partial charge on any atom is -0.337 e. The van der Waals surface area contributed by atoms with Crippen molar-refractivity contribution in [1.29, 1.82) is 0 Å². The molecule has 1 aromatic rings. The molecular weight excluding hydrogens is 236 g/mol. The standard InChI is InChI=1S/C13H19ClN2O/c1-4-16(12(17)13(2,3)10-14)9-11-7-5-6-8-15-11/h5-8H,4,9-10H2,1-3H3. The first kappa shape index (κ1) is 14.0. The number of amides is 1. The van der Waals surface area contributed by atoms with Crippen molar-refractivity contribution in [3.05, 3.63) is 30.1 Å². The minimum absolute atomic E-state index is 0.0700. The van der Waals surface area contributed by atoms with Gasteiger partial charge in [0.15, 0.2) is 0 Å². The fourth-order valence-corrected chi connectivity index (χ4v) is 1.61. The average molecular weight is 255 g/mol. The molecule has 0 unspecified atom stereocenters. The maximum absolute atomic E-state index is 12.2. The zero-order valence-electron chi connectivity index (χ0n) is 10.6. The van der Waals surface area contributed by atoms with Gasteiger partial charge in [-0.15, -0.1) is 11.6 Å². The van der Waals surface area contributed by atoms with E-state index >= 15 is 0 Å². The molecule has 0 saturated heterocycles. The van der Waals surface area contributed by atoms with Crippen LogP contribution in [0.2, 0.25) is 0 Å². The lowest BCUT2D eigenvalue weighted by atomic mass is 9.94. The molecule has 17 heavy (non-hydrogen) atoms. The summed E-state index contributed by atoms with van der Waals surface area (Å²) in [5, 5.41) is 0. The molecule has 0 aromatic carbocycles. The van der Waals surface area contributed by atoms with Crippen LogP contribution in [0.1, 0.15) is 26.5 Å². The molecule has 1 amide bonds. The van der Waals surface area contributed by atoms with E-state index in [0.717, 1.165) is 5.69 Å².